The SMILES string of the molecule is C=C(C(C)=O)C(O)c1c(F)c(F)c(F)c(F)c1F. The van der Waals surface area contributed by atoms with Crippen LogP contribution in [0.2, 0.25) is 0 Å². The highest BCUT2D eigenvalue weighted by Gasteiger charge is 2.31. The summed E-state index contributed by atoms with van der Waals surface area (Å²) in [6, 6.07) is 0. The van der Waals surface area contributed by atoms with Gasteiger partial charge < -0.3 is 5.11 Å². The summed E-state index contributed by atoms with van der Waals surface area (Å²) in [5, 5.41) is 9.40. The lowest BCUT2D eigenvalue weighted by atomic mass is 9.98. The Morgan fingerprint density at radius 1 is 1.00 bits per heavy atom. The molecule has 0 radical (unpaired) electrons. The molecule has 7 heteroatoms. The number of halogens is 5. The summed E-state index contributed by atoms with van der Waals surface area (Å²) in [6.07, 6.45) is -2.30. The lowest BCUT2D eigenvalue weighted by molar-refractivity contribution is -0.114. The van der Waals surface area contributed by atoms with E-state index in [0.717, 1.165) is 6.92 Å². The maximum absolute atomic E-state index is 13.2. The first kappa shape index (κ1) is 14.3. The minimum atomic E-state index is -2.34. The molecule has 0 aliphatic carbocycles. The molecule has 1 rings (SSSR count). The van der Waals surface area contributed by atoms with E-state index in [1.807, 2.05) is 0 Å². The first-order chi connectivity index (χ1) is 8.20. The first-order valence-corrected chi connectivity index (χ1v) is 4.59. The van der Waals surface area contributed by atoms with Gasteiger partial charge in [-0.25, -0.2) is 22.0 Å². The van der Waals surface area contributed by atoms with Crippen molar-refractivity contribution in [3.05, 3.63) is 46.8 Å². The van der Waals surface area contributed by atoms with Crippen LogP contribution in [0.1, 0.15) is 18.6 Å². The zero-order chi connectivity index (χ0) is 14.2. The van der Waals surface area contributed by atoms with Gasteiger partial charge in [0.1, 0.15) is 6.10 Å². The summed E-state index contributed by atoms with van der Waals surface area (Å²) in [6.45, 7) is 3.95. The molecule has 0 aromatic heterocycles. The molecule has 18 heavy (non-hydrogen) atoms. The second-order valence-corrected chi connectivity index (χ2v) is 3.47. The van der Waals surface area contributed by atoms with Crippen molar-refractivity contribution in [2.75, 3.05) is 0 Å². The third-order valence-corrected chi connectivity index (χ3v) is 2.30. The van der Waals surface area contributed by atoms with Gasteiger partial charge >= 0.3 is 0 Å². The van der Waals surface area contributed by atoms with Crippen molar-refractivity contribution in [1.29, 1.82) is 0 Å². The zero-order valence-electron chi connectivity index (χ0n) is 9.03. The Labute approximate surface area is 98.3 Å². The molecule has 0 saturated heterocycles. The molecule has 0 aliphatic rings. The highest BCUT2D eigenvalue weighted by atomic mass is 19.2. The Kier molecular flexibility index (Phi) is 3.85. The van der Waals surface area contributed by atoms with E-state index in [2.05, 4.69) is 6.58 Å². The van der Waals surface area contributed by atoms with Crippen LogP contribution in [0.3, 0.4) is 0 Å². The van der Waals surface area contributed by atoms with Gasteiger partial charge in [0.2, 0.25) is 5.82 Å². The fourth-order valence-corrected chi connectivity index (χ4v) is 1.23. The van der Waals surface area contributed by atoms with Crippen molar-refractivity contribution >= 4 is 5.78 Å². The van der Waals surface area contributed by atoms with E-state index in [4.69, 9.17) is 0 Å². The summed E-state index contributed by atoms with van der Waals surface area (Å²) < 4.78 is 64.9. The number of carbonyl (C=O) groups excluding carboxylic acids is 1. The predicted octanol–water partition coefficient (Wildman–Crippen LogP) is 2.56. The Morgan fingerprint density at radius 3 is 1.67 bits per heavy atom. The van der Waals surface area contributed by atoms with Crippen LogP contribution < -0.4 is 0 Å². The number of ketones is 1. The van der Waals surface area contributed by atoms with E-state index in [1.54, 1.807) is 0 Å². The average Bonchev–Trinajstić information content (AvgIpc) is 2.32. The normalized spacial score (nSPS) is 12.4. The topological polar surface area (TPSA) is 37.3 Å². The van der Waals surface area contributed by atoms with Crippen LogP contribution >= 0.6 is 0 Å². The second kappa shape index (κ2) is 4.85. The minimum absolute atomic E-state index is 0.682. The average molecular weight is 266 g/mol. The van der Waals surface area contributed by atoms with Crippen molar-refractivity contribution < 1.29 is 31.9 Å². The molecule has 2 nitrogen and oxygen atoms in total. The Morgan fingerprint density at radius 2 is 1.33 bits per heavy atom. The van der Waals surface area contributed by atoms with Gasteiger partial charge in [-0.15, -0.1) is 0 Å². The molecule has 0 spiro atoms. The molecule has 1 N–H and O–H groups in total. The second-order valence-electron chi connectivity index (χ2n) is 3.47. The smallest absolute Gasteiger partial charge is 0.200 e. The number of hydrogen-bond donors (Lipinski definition) is 1. The third kappa shape index (κ3) is 2.13. The summed E-state index contributed by atoms with van der Waals surface area (Å²) in [5.41, 5.74) is -2.18. The monoisotopic (exact) mass is 266 g/mol. The van der Waals surface area contributed by atoms with Crippen molar-refractivity contribution in [3.8, 4) is 0 Å². The van der Waals surface area contributed by atoms with E-state index in [-0.39, 0.29) is 0 Å². The zero-order valence-corrected chi connectivity index (χ0v) is 9.03. The summed E-state index contributed by atoms with van der Waals surface area (Å²) >= 11 is 0. The van der Waals surface area contributed by atoms with Gasteiger partial charge in [-0.05, 0) is 6.92 Å². The largest absolute Gasteiger partial charge is 0.383 e. The number of carbonyl (C=O) groups is 1. The quantitative estimate of drug-likeness (QED) is 0.395. The molecule has 0 bridgehead atoms. The lowest BCUT2D eigenvalue weighted by Crippen LogP contribution is -2.15. The van der Waals surface area contributed by atoms with Crippen molar-refractivity contribution in [2.45, 2.75) is 13.0 Å². The summed E-state index contributed by atoms with van der Waals surface area (Å²) in [7, 11) is 0. The highest BCUT2D eigenvalue weighted by molar-refractivity contribution is 5.93. The maximum Gasteiger partial charge on any atom is 0.200 e. The van der Waals surface area contributed by atoms with E-state index < -0.39 is 52.1 Å². The summed E-state index contributed by atoms with van der Waals surface area (Å²) in [5.74, 6) is -12.0. The molecule has 0 amide bonds. The van der Waals surface area contributed by atoms with Gasteiger partial charge in [0, 0.05) is 5.57 Å². The van der Waals surface area contributed by atoms with Crippen LogP contribution in [0.5, 0.6) is 0 Å². The predicted molar refractivity (Wildman–Crippen MR) is 51.0 cm³/mol. The van der Waals surface area contributed by atoms with Crippen LogP contribution in [-0.2, 0) is 4.79 Å². The number of benzene rings is 1. The number of hydrogen-bond acceptors (Lipinski definition) is 2. The van der Waals surface area contributed by atoms with Crippen LogP contribution in [-0.4, -0.2) is 10.9 Å². The molecule has 0 fully saturated rings. The van der Waals surface area contributed by atoms with Crippen molar-refractivity contribution in [1.82, 2.24) is 0 Å². The maximum atomic E-state index is 13.2. The molecule has 1 unspecified atom stereocenters. The number of rotatable bonds is 3. The van der Waals surface area contributed by atoms with Gasteiger partial charge in [0.15, 0.2) is 29.1 Å². The minimum Gasteiger partial charge on any atom is -0.383 e. The Balaban J connectivity index is 3.51. The van der Waals surface area contributed by atoms with E-state index in [9.17, 15) is 31.9 Å². The lowest BCUT2D eigenvalue weighted by Gasteiger charge is -2.14. The fraction of sp³-hybridized carbons (Fsp3) is 0.182. The molecular weight excluding hydrogens is 259 g/mol. The molecule has 1 aromatic carbocycles. The Bertz CT molecular complexity index is 510. The first-order valence-electron chi connectivity index (χ1n) is 4.59. The van der Waals surface area contributed by atoms with Crippen LogP contribution in [0.25, 0.3) is 0 Å². The van der Waals surface area contributed by atoms with Crippen molar-refractivity contribution in [3.63, 3.8) is 0 Å². The van der Waals surface area contributed by atoms with Gasteiger partial charge in [-0.2, -0.15) is 0 Å². The van der Waals surface area contributed by atoms with Crippen LogP contribution in [0.4, 0.5) is 22.0 Å². The fourth-order valence-electron chi connectivity index (χ4n) is 1.23. The van der Waals surface area contributed by atoms with E-state index in [0.29, 0.717) is 0 Å². The van der Waals surface area contributed by atoms with E-state index >= 15 is 0 Å². The van der Waals surface area contributed by atoms with Gasteiger partial charge in [0.05, 0.1) is 5.56 Å². The van der Waals surface area contributed by atoms with Gasteiger partial charge in [-0.1, -0.05) is 6.58 Å². The number of Topliss-reactive ketones (excluding diaryl/α,β-unsaturated/α-hetero) is 1. The standard InChI is InChI=1S/C11H7F5O2/c1-3(4(2)17)11(18)5-6(12)8(14)10(16)9(15)7(5)13/h11,18H,1H2,2H3. The van der Waals surface area contributed by atoms with Crippen LogP contribution in [0.15, 0.2) is 12.2 Å². The van der Waals surface area contributed by atoms with Crippen LogP contribution in [0, 0.1) is 29.1 Å². The Hall–Kier alpha value is -1.76. The third-order valence-electron chi connectivity index (χ3n) is 2.30. The molecule has 0 aliphatic heterocycles. The molecule has 1 aromatic rings. The van der Waals surface area contributed by atoms with Gasteiger partial charge in [0.25, 0.3) is 0 Å². The van der Waals surface area contributed by atoms with Gasteiger partial charge in [-0.3, -0.25) is 4.79 Å². The van der Waals surface area contributed by atoms with E-state index in [1.165, 1.54) is 0 Å². The highest BCUT2D eigenvalue weighted by Crippen LogP contribution is 2.30. The summed E-state index contributed by atoms with van der Waals surface area (Å²) in [4.78, 5) is 10.9. The molecule has 0 saturated carbocycles. The molecule has 0 heterocycles. The molecular formula is C11H7F5O2. The molecule has 98 valence electrons. The van der Waals surface area contributed by atoms with Crippen molar-refractivity contribution in [2.24, 2.45) is 0 Å². The molecule has 1 atom stereocenters. The number of aliphatic hydroxyl groups is 1. The number of aliphatic hydroxyl groups excluding tert-OH is 1.